The van der Waals surface area contributed by atoms with Gasteiger partial charge in [-0.2, -0.15) is 0 Å². The molecule has 2 saturated heterocycles. The fourth-order valence-electron chi connectivity index (χ4n) is 5.63. The van der Waals surface area contributed by atoms with E-state index in [4.69, 9.17) is 4.74 Å². The van der Waals surface area contributed by atoms with Crippen LogP contribution in [-0.4, -0.2) is 84.3 Å². The molecule has 0 aromatic heterocycles. The van der Waals surface area contributed by atoms with Gasteiger partial charge in [-0.15, -0.1) is 0 Å². The lowest BCUT2D eigenvalue weighted by Crippen LogP contribution is -2.56. The van der Waals surface area contributed by atoms with Crippen molar-refractivity contribution >= 4 is 0 Å². The zero-order chi connectivity index (χ0) is 21.9. The third-order valence-corrected chi connectivity index (χ3v) is 7.42. The molecular weight excluding hydrogens is 358 g/mol. The Morgan fingerprint density at radius 1 is 0.828 bits per heavy atom. The van der Waals surface area contributed by atoms with Crippen LogP contribution in [0.2, 0.25) is 0 Å². The summed E-state index contributed by atoms with van der Waals surface area (Å²) in [6, 6.07) is 0.695. The molecule has 0 unspecified atom stereocenters. The van der Waals surface area contributed by atoms with E-state index in [1.807, 2.05) is 0 Å². The van der Waals surface area contributed by atoms with E-state index in [9.17, 15) is 0 Å². The Hall–Kier alpha value is -0.160. The van der Waals surface area contributed by atoms with Crippen molar-refractivity contribution in [3.63, 3.8) is 0 Å². The maximum atomic E-state index is 5.92. The molecule has 2 rings (SSSR count). The lowest BCUT2D eigenvalue weighted by Gasteiger charge is -2.50. The Balaban J connectivity index is 1.80. The maximum absolute atomic E-state index is 5.92. The van der Waals surface area contributed by atoms with E-state index in [1.165, 1.54) is 58.5 Å². The molecular formula is C25H51N3O. The summed E-state index contributed by atoms with van der Waals surface area (Å²) in [4.78, 5) is 7.98. The summed E-state index contributed by atoms with van der Waals surface area (Å²) in [5, 5.41) is 0. The summed E-state index contributed by atoms with van der Waals surface area (Å²) in [5.74, 6) is 0.854. The number of hydrogen-bond acceptors (Lipinski definition) is 4. The highest BCUT2D eigenvalue weighted by Gasteiger charge is 2.40. The second kappa shape index (κ2) is 9.97. The van der Waals surface area contributed by atoms with Gasteiger partial charge in [0.05, 0.1) is 12.2 Å². The van der Waals surface area contributed by atoms with E-state index in [0.29, 0.717) is 11.5 Å². The molecule has 4 heteroatoms. The number of likely N-dealkylation sites (tertiary alicyclic amines) is 1. The van der Waals surface area contributed by atoms with Crippen LogP contribution in [0.15, 0.2) is 0 Å². The number of ether oxygens (including phenoxy) is 1. The quantitative estimate of drug-likeness (QED) is 0.576. The van der Waals surface area contributed by atoms with Gasteiger partial charge >= 0.3 is 0 Å². The Morgan fingerprint density at radius 2 is 1.38 bits per heavy atom. The highest BCUT2D eigenvalue weighted by atomic mass is 16.5. The molecule has 2 aliphatic rings. The SMILES string of the molecule is CC(C)N1CCC(C(C)(C)CC(C)(C)N2CCN(CCOC(C)(C)C)CC2)CC1. The number of hydrogen-bond donors (Lipinski definition) is 0. The van der Waals surface area contributed by atoms with Crippen LogP contribution < -0.4 is 0 Å². The molecule has 172 valence electrons. The zero-order valence-electron chi connectivity index (χ0n) is 21.2. The minimum absolute atomic E-state index is 0.0271. The summed E-state index contributed by atoms with van der Waals surface area (Å²) in [7, 11) is 0. The van der Waals surface area contributed by atoms with Crippen molar-refractivity contribution in [1.29, 1.82) is 0 Å². The van der Waals surface area contributed by atoms with Gasteiger partial charge in [-0.25, -0.2) is 0 Å². The maximum Gasteiger partial charge on any atom is 0.0600 e. The lowest BCUT2D eigenvalue weighted by molar-refractivity contribution is -0.0302. The summed E-state index contributed by atoms with van der Waals surface area (Å²) in [5.41, 5.74) is 0.650. The molecule has 0 N–H and O–H groups in total. The first-order chi connectivity index (χ1) is 13.3. The van der Waals surface area contributed by atoms with Crippen LogP contribution in [0.5, 0.6) is 0 Å². The van der Waals surface area contributed by atoms with Gasteiger partial charge in [0.15, 0.2) is 0 Å². The predicted molar refractivity (Wildman–Crippen MR) is 126 cm³/mol. The van der Waals surface area contributed by atoms with Crippen molar-refractivity contribution in [3.8, 4) is 0 Å². The molecule has 0 spiro atoms. The van der Waals surface area contributed by atoms with Gasteiger partial charge in [0, 0.05) is 44.3 Å². The molecule has 29 heavy (non-hydrogen) atoms. The Bertz CT molecular complexity index is 479. The monoisotopic (exact) mass is 409 g/mol. The van der Waals surface area contributed by atoms with Crippen molar-refractivity contribution in [2.75, 3.05) is 52.4 Å². The highest BCUT2D eigenvalue weighted by Crippen LogP contribution is 2.42. The van der Waals surface area contributed by atoms with E-state index < -0.39 is 0 Å². The Labute approximate surface area is 182 Å². The first kappa shape index (κ1) is 25.1. The largest absolute Gasteiger partial charge is 0.375 e. The summed E-state index contributed by atoms with van der Waals surface area (Å²) in [6.07, 6.45) is 4.02. The van der Waals surface area contributed by atoms with Crippen molar-refractivity contribution in [1.82, 2.24) is 14.7 Å². The average Bonchev–Trinajstić information content (AvgIpc) is 2.60. The van der Waals surface area contributed by atoms with E-state index >= 15 is 0 Å². The Kier molecular flexibility index (Phi) is 8.63. The smallest absolute Gasteiger partial charge is 0.0600 e. The van der Waals surface area contributed by atoms with Gasteiger partial charge < -0.3 is 9.64 Å². The van der Waals surface area contributed by atoms with Crippen molar-refractivity contribution < 1.29 is 4.74 Å². The van der Waals surface area contributed by atoms with Crippen LogP contribution in [0, 0.1) is 11.3 Å². The number of nitrogens with zero attached hydrogens (tertiary/aromatic N) is 3. The van der Waals surface area contributed by atoms with Crippen LogP contribution >= 0.6 is 0 Å². The minimum atomic E-state index is -0.0271. The van der Waals surface area contributed by atoms with Crippen LogP contribution in [-0.2, 0) is 4.74 Å². The van der Waals surface area contributed by atoms with E-state index in [2.05, 4.69) is 77.0 Å². The molecule has 0 amide bonds. The zero-order valence-corrected chi connectivity index (χ0v) is 21.2. The molecule has 0 saturated carbocycles. The van der Waals surface area contributed by atoms with Gasteiger partial charge in [-0.3, -0.25) is 9.80 Å². The fraction of sp³-hybridized carbons (Fsp3) is 1.00. The molecule has 0 aliphatic carbocycles. The lowest BCUT2D eigenvalue weighted by atomic mass is 9.67. The first-order valence-electron chi connectivity index (χ1n) is 12.2. The van der Waals surface area contributed by atoms with Gasteiger partial charge in [-0.1, -0.05) is 13.8 Å². The molecule has 2 aliphatic heterocycles. The molecule has 2 fully saturated rings. The van der Waals surface area contributed by atoms with Crippen molar-refractivity contribution in [2.45, 2.75) is 98.8 Å². The van der Waals surface area contributed by atoms with Crippen LogP contribution in [0.1, 0.15) is 81.6 Å². The molecule has 0 radical (unpaired) electrons. The summed E-state index contributed by atoms with van der Waals surface area (Å²) >= 11 is 0. The summed E-state index contributed by atoms with van der Waals surface area (Å²) < 4.78 is 5.92. The standard InChI is InChI=1S/C25H51N3O/c1-21(2)27-12-10-22(11-13-27)24(6,7)20-25(8,9)28-16-14-26(15-17-28)18-19-29-23(3,4)5/h21-22H,10-20H2,1-9H3. The Morgan fingerprint density at radius 3 is 1.86 bits per heavy atom. The van der Waals surface area contributed by atoms with Gasteiger partial charge in [0.1, 0.15) is 0 Å². The first-order valence-corrected chi connectivity index (χ1v) is 12.2. The average molecular weight is 410 g/mol. The van der Waals surface area contributed by atoms with E-state index in [-0.39, 0.29) is 11.1 Å². The number of piperazine rings is 1. The predicted octanol–water partition coefficient (Wildman–Crippen LogP) is 4.73. The van der Waals surface area contributed by atoms with E-state index in [0.717, 1.165) is 19.1 Å². The summed E-state index contributed by atoms with van der Waals surface area (Å²) in [6.45, 7) is 30.3. The van der Waals surface area contributed by atoms with Crippen LogP contribution in [0.4, 0.5) is 0 Å². The van der Waals surface area contributed by atoms with Crippen LogP contribution in [0.3, 0.4) is 0 Å². The topological polar surface area (TPSA) is 19.0 Å². The molecule has 2 heterocycles. The minimum Gasteiger partial charge on any atom is -0.375 e. The van der Waals surface area contributed by atoms with Crippen molar-refractivity contribution in [2.24, 2.45) is 11.3 Å². The molecule has 0 aromatic rings. The van der Waals surface area contributed by atoms with Gasteiger partial charge in [0.2, 0.25) is 0 Å². The number of rotatable bonds is 8. The van der Waals surface area contributed by atoms with Crippen LogP contribution in [0.25, 0.3) is 0 Å². The highest BCUT2D eigenvalue weighted by molar-refractivity contribution is 4.94. The van der Waals surface area contributed by atoms with Gasteiger partial charge in [-0.05, 0) is 92.2 Å². The second-order valence-corrected chi connectivity index (χ2v) is 12.2. The molecule has 0 bridgehead atoms. The number of piperidine rings is 1. The second-order valence-electron chi connectivity index (χ2n) is 12.2. The van der Waals surface area contributed by atoms with E-state index in [1.54, 1.807) is 0 Å². The molecule has 0 atom stereocenters. The van der Waals surface area contributed by atoms with Crippen molar-refractivity contribution in [3.05, 3.63) is 0 Å². The third kappa shape index (κ3) is 7.79. The molecule has 4 nitrogen and oxygen atoms in total. The molecule has 0 aromatic carbocycles. The normalized spacial score (nSPS) is 22.6. The van der Waals surface area contributed by atoms with Gasteiger partial charge in [0.25, 0.3) is 0 Å². The fourth-order valence-corrected chi connectivity index (χ4v) is 5.63. The third-order valence-electron chi connectivity index (χ3n) is 7.42.